The molecular weight excluding hydrogens is 298 g/mol. The van der Waals surface area contributed by atoms with Crippen molar-refractivity contribution in [3.8, 4) is 0 Å². The number of nitrogens with one attached hydrogen (secondary N) is 1. The maximum absolute atomic E-state index is 12.2. The molecule has 0 bridgehead atoms. The number of rotatable bonds is 3. The number of ether oxygens (including phenoxy) is 1. The summed E-state index contributed by atoms with van der Waals surface area (Å²) < 4.78 is 5.31. The number of aryl methyl sites for hydroxylation is 1. The summed E-state index contributed by atoms with van der Waals surface area (Å²) in [6, 6.07) is 1.94. The average Bonchev–Trinajstić information content (AvgIpc) is 2.79. The molecule has 1 N–H and O–H groups in total. The van der Waals surface area contributed by atoms with Gasteiger partial charge in [-0.15, -0.1) is 11.3 Å². The third-order valence-corrected chi connectivity index (χ3v) is 4.90. The summed E-state index contributed by atoms with van der Waals surface area (Å²) in [7, 11) is 0. The van der Waals surface area contributed by atoms with Gasteiger partial charge in [-0.25, -0.2) is 4.79 Å². The lowest BCUT2D eigenvalue weighted by atomic mass is 9.90. The summed E-state index contributed by atoms with van der Waals surface area (Å²) in [5.74, 6) is 0.00172. The van der Waals surface area contributed by atoms with Crippen LogP contribution in [0.4, 0.5) is 0 Å². The molecule has 1 aromatic heterocycles. The molecule has 2 atom stereocenters. The van der Waals surface area contributed by atoms with Crippen molar-refractivity contribution < 1.29 is 14.3 Å². The molecule has 22 heavy (non-hydrogen) atoms. The molecule has 1 heterocycles. The van der Waals surface area contributed by atoms with Gasteiger partial charge >= 0.3 is 5.97 Å². The summed E-state index contributed by atoms with van der Waals surface area (Å²) in [6.45, 7) is 9.53. The van der Waals surface area contributed by atoms with Crippen molar-refractivity contribution in [2.75, 3.05) is 0 Å². The van der Waals surface area contributed by atoms with Gasteiger partial charge in [0.2, 0.25) is 0 Å². The SMILES string of the molecule is C[C@H]1CCc2sc(C(=O)O[C@@H](C)C(=O)NC(C)(C)C)cc2C1. The second-order valence-electron chi connectivity index (χ2n) is 7.19. The summed E-state index contributed by atoms with van der Waals surface area (Å²) in [4.78, 5) is 26.1. The van der Waals surface area contributed by atoms with E-state index in [4.69, 9.17) is 4.74 Å². The van der Waals surface area contributed by atoms with Crippen molar-refractivity contribution in [2.45, 2.75) is 65.5 Å². The molecule has 4 nitrogen and oxygen atoms in total. The molecule has 0 saturated carbocycles. The average molecular weight is 323 g/mol. The van der Waals surface area contributed by atoms with Crippen molar-refractivity contribution >= 4 is 23.2 Å². The Hall–Kier alpha value is -1.36. The highest BCUT2D eigenvalue weighted by atomic mass is 32.1. The van der Waals surface area contributed by atoms with Gasteiger partial charge in [-0.05, 0) is 64.5 Å². The smallest absolute Gasteiger partial charge is 0.349 e. The van der Waals surface area contributed by atoms with E-state index >= 15 is 0 Å². The van der Waals surface area contributed by atoms with E-state index < -0.39 is 12.1 Å². The fourth-order valence-electron chi connectivity index (χ4n) is 2.55. The highest BCUT2D eigenvalue weighted by Crippen LogP contribution is 2.32. The maximum Gasteiger partial charge on any atom is 0.349 e. The normalized spacial score (nSPS) is 19.2. The molecule has 0 fully saturated rings. The lowest BCUT2D eigenvalue weighted by Crippen LogP contribution is -2.46. The van der Waals surface area contributed by atoms with Crippen molar-refractivity contribution in [1.29, 1.82) is 0 Å². The van der Waals surface area contributed by atoms with Crippen LogP contribution in [0.5, 0.6) is 0 Å². The van der Waals surface area contributed by atoms with Crippen LogP contribution in [0.2, 0.25) is 0 Å². The zero-order valence-electron chi connectivity index (χ0n) is 14.0. The summed E-state index contributed by atoms with van der Waals surface area (Å²) in [5, 5.41) is 2.82. The third-order valence-electron chi connectivity index (χ3n) is 3.68. The third kappa shape index (κ3) is 4.32. The largest absolute Gasteiger partial charge is 0.448 e. The van der Waals surface area contributed by atoms with E-state index in [1.165, 1.54) is 28.2 Å². The van der Waals surface area contributed by atoms with E-state index in [0.29, 0.717) is 10.8 Å². The predicted octanol–water partition coefficient (Wildman–Crippen LogP) is 3.33. The first-order valence-corrected chi connectivity index (χ1v) is 8.62. The van der Waals surface area contributed by atoms with Crippen LogP contribution in [-0.2, 0) is 22.4 Å². The number of thiophene rings is 1. The van der Waals surface area contributed by atoms with Gasteiger partial charge in [0.25, 0.3) is 5.91 Å². The Morgan fingerprint density at radius 1 is 1.41 bits per heavy atom. The Kier molecular flexibility index (Phi) is 4.95. The van der Waals surface area contributed by atoms with Gasteiger partial charge in [0.15, 0.2) is 6.10 Å². The molecule has 0 spiro atoms. The topological polar surface area (TPSA) is 55.4 Å². The summed E-state index contributed by atoms with van der Waals surface area (Å²) >= 11 is 1.51. The van der Waals surface area contributed by atoms with Gasteiger partial charge in [0.05, 0.1) is 0 Å². The molecule has 122 valence electrons. The van der Waals surface area contributed by atoms with Gasteiger partial charge in [-0.1, -0.05) is 6.92 Å². The zero-order chi connectivity index (χ0) is 16.5. The molecule has 5 heteroatoms. The van der Waals surface area contributed by atoms with Crippen LogP contribution in [0, 0.1) is 5.92 Å². The van der Waals surface area contributed by atoms with Crippen molar-refractivity contribution in [3.63, 3.8) is 0 Å². The highest BCUT2D eigenvalue weighted by Gasteiger charge is 2.25. The van der Waals surface area contributed by atoms with Crippen LogP contribution in [-0.4, -0.2) is 23.5 Å². The lowest BCUT2D eigenvalue weighted by molar-refractivity contribution is -0.130. The van der Waals surface area contributed by atoms with E-state index in [1.54, 1.807) is 6.92 Å². The van der Waals surface area contributed by atoms with E-state index in [0.717, 1.165) is 12.8 Å². The molecule has 0 radical (unpaired) electrons. The predicted molar refractivity (Wildman–Crippen MR) is 88.3 cm³/mol. The van der Waals surface area contributed by atoms with Crippen molar-refractivity contribution in [1.82, 2.24) is 5.32 Å². The second kappa shape index (κ2) is 6.41. The van der Waals surface area contributed by atoms with Crippen molar-refractivity contribution in [3.05, 3.63) is 21.4 Å². The standard InChI is InChI=1S/C17H25NO3S/c1-10-6-7-13-12(8-10)9-14(22-13)16(20)21-11(2)15(19)18-17(3,4)5/h9-11H,6-8H2,1-5H3,(H,18,19)/t10-,11-/m0/s1. The first kappa shape index (κ1) is 17.0. The van der Waals surface area contributed by atoms with Gasteiger partial charge in [-0.2, -0.15) is 0 Å². The minimum Gasteiger partial charge on any atom is -0.448 e. The molecule has 0 aromatic carbocycles. The van der Waals surface area contributed by atoms with Gasteiger partial charge < -0.3 is 10.1 Å². The Balaban J connectivity index is 1.99. The minimum atomic E-state index is -0.787. The molecule has 2 rings (SSSR count). The number of carbonyl (C=O) groups excluding carboxylic acids is 2. The summed E-state index contributed by atoms with van der Waals surface area (Å²) in [5.41, 5.74) is 0.929. The van der Waals surface area contributed by atoms with Crippen LogP contribution in [0.25, 0.3) is 0 Å². The minimum absolute atomic E-state index is 0.268. The van der Waals surface area contributed by atoms with E-state index in [-0.39, 0.29) is 11.4 Å². The van der Waals surface area contributed by atoms with Crippen LogP contribution in [0.1, 0.15) is 61.2 Å². The molecule has 0 saturated heterocycles. The molecule has 1 aromatic rings. The molecule has 0 unspecified atom stereocenters. The number of fused-ring (bicyclic) bond motifs is 1. The number of carbonyl (C=O) groups is 2. The number of amides is 1. The number of hydrogen-bond acceptors (Lipinski definition) is 4. The van der Waals surface area contributed by atoms with Crippen LogP contribution in [0.3, 0.4) is 0 Å². The Bertz CT molecular complexity index is 571. The van der Waals surface area contributed by atoms with E-state index in [1.807, 2.05) is 26.8 Å². The van der Waals surface area contributed by atoms with E-state index in [9.17, 15) is 9.59 Å². The van der Waals surface area contributed by atoms with Crippen LogP contribution in [0.15, 0.2) is 6.07 Å². The van der Waals surface area contributed by atoms with Gasteiger partial charge in [-0.3, -0.25) is 4.79 Å². The highest BCUT2D eigenvalue weighted by molar-refractivity contribution is 7.14. The molecule has 1 aliphatic rings. The number of hydrogen-bond donors (Lipinski definition) is 1. The molecule has 1 amide bonds. The molecule has 0 aliphatic heterocycles. The Labute approximate surface area is 136 Å². The van der Waals surface area contributed by atoms with Gasteiger partial charge in [0.1, 0.15) is 4.88 Å². The fraction of sp³-hybridized carbons (Fsp3) is 0.647. The second-order valence-corrected chi connectivity index (χ2v) is 8.33. The van der Waals surface area contributed by atoms with Gasteiger partial charge in [0, 0.05) is 10.4 Å². The molecule has 1 aliphatic carbocycles. The molecular formula is C17H25NO3S. The first-order valence-electron chi connectivity index (χ1n) is 7.80. The first-order chi connectivity index (χ1) is 10.2. The van der Waals surface area contributed by atoms with Crippen molar-refractivity contribution in [2.24, 2.45) is 5.92 Å². The Morgan fingerprint density at radius 3 is 2.73 bits per heavy atom. The monoisotopic (exact) mass is 323 g/mol. The lowest BCUT2D eigenvalue weighted by Gasteiger charge is -2.23. The van der Waals surface area contributed by atoms with Crippen LogP contribution >= 0.6 is 11.3 Å². The van der Waals surface area contributed by atoms with E-state index in [2.05, 4.69) is 12.2 Å². The zero-order valence-corrected chi connectivity index (χ0v) is 14.8. The number of esters is 1. The quantitative estimate of drug-likeness (QED) is 0.868. The van der Waals surface area contributed by atoms with Crippen LogP contribution < -0.4 is 5.32 Å². The summed E-state index contributed by atoms with van der Waals surface area (Å²) in [6.07, 6.45) is 2.45. The maximum atomic E-state index is 12.2. The fourth-order valence-corrected chi connectivity index (χ4v) is 3.64. The Morgan fingerprint density at radius 2 is 2.09 bits per heavy atom.